The zero-order chi connectivity index (χ0) is 12.7. The van der Waals surface area contributed by atoms with E-state index in [2.05, 4.69) is 0 Å². The van der Waals surface area contributed by atoms with Crippen molar-refractivity contribution >= 4 is 17.8 Å². The second-order valence-corrected chi connectivity index (χ2v) is 3.22. The van der Waals surface area contributed by atoms with Gasteiger partial charge in [-0.05, 0) is 0 Å². The monoisotopic (exact) mass is 239 g/mol. The summed E-state index contributed by atoms with van der Waals surface area (Å²) in [7, 11) is 0.882. The molecule has 9 heteroatoms. The van der Waals surface area contributed by atoms with Crippen LogP contribution in [0.3, 0.4) is 0 Å². The molecule has 4 amide bonds. The van der Waals surface area contributed by atoms with Crippen molar-refractivity contribution in [1.29, 1.82) is 0 Å². The van der Waals surface area contributed by atoms with Crippen molar-refractivity contribution in [3.8, 4) is 0 Å². The molecule has 1 atom stereocenters. The van der Waals surface area contributed by atoms with Crippen LogP contribution < -0.4 is 10.6 Å². The lowest BCUT2D eigenvalue weighted by Crippen LogP contribution is -2.69. The third-order valence-corrected chi connectivity index (χ3v) is 2.01. The maximum absolute atomic E-state index is 12.7. The third-order valence-electron chi connectivity index (χ3n) is 2.01. The molecule has 0 radical (unpaired) electrons. The first-order valence-electron chi connectivity index (χ1n) is 4.07. The summed E-state index contributed by atoms with van der Waals surface area (Å²) in [5, 5.41) is 2.84. The number of hydrogen-bond acceptors (Lipinski definition) is 3. The summed E-state index contributed by atoms with van der Waals surface area (Å²) in [5.41, 5.74) is -3.36. The highest BCUT2D eigenvalue weighted by Gasteiger charge is 2.67. The Bertz CT molecular complexity index is 364. The fraction of sp³-hybridized carbons (Fsp3) is 0.571. The van der Waals surface area contributed by atoms with E-state index >= 15 is 0 Å². The summed E-state index contributed by atoms with van der Waals surface area (Å²) in [4.78, 5) is 33.2. The highest BCUT2D eigenvalue weighted by molar-refractivity contribution is 6.08. The number of amides is 4. The topological polar surface area (TPSA) is 78.5 Å². The van der Waals surface area contributed by atoms with Crippen molar-refractivity contribution in [2.24, 2.45) is 0 Å². The SMILES string of the molecule is CC(=O)N[C@]1(C(F)(F)F)NC(=O)N(C)C1=O. The van der Waals surface area contributed by atoms with Gasteiger partial charge in [-0.1, -0.05) is 0 Å². The first-order chi connectivity index (χ1) is 7.12. The van der Waals surface area contributed by atoms with Gasteiger partial charge in [0.25, 0.3) is 11.6 Å². The summed E-state index contributed by atoms with van der Waals surface area (Å²) in [6.45, 7) is 0.811. The van der Waals surface area contributed by atoms with E-state index in [1.165, 1.54) is 10.6 Å². The van der Waals surface area contributed by atoms with Crippen LogP contribution in [0, 0.1) is 0 Å². The number of carbonyl (C=O) groups excluding carboxylic acids is 3. The van der Waals surface area contributed by atoms with E-state index < -0.39 is 29.7 Å². The summed E-state index contributed by atoms with van der Waals surface area (Å²) in [5.74, 6) is -2.65. The van der Waals surface area contributed by atoms with Crippen LogP contribution in [0.5, 0.6) is 0 Å². The van der Waals surface area contributed by atoms with Crippen LogP contribution in [0.2, 0.25) is 0 Å². The molecule has 1 saturated heterocycles. The highest BCUT2D eigenvalue weighted by Crippen LogP contribution is 2.32. The largest absolute Gasteiger partial charge is 0.440 e. The molecule has 0 aromatic heterocycles. The van der Waals surface area contributed by atoms with Crippen molar-refractivity contribution in [2.45, 2.75) is 18.8 Å². The highest BCUT2D eigenvalue weighted by atomic mass is 19.4. The van der Waals surface area contributed by atoms with E-state index in [1.807, 2.05) is 0 Å². The molecular formula is C7H8F3N3O3. The Kier molecular flexibility index (Phi) is 2.57. The molecule has 1 heterocycles. The number of alkyl halides is 3. The van der Waals surface area contributed by atoms with Gasteiger partial charge in [0.15, 0.2) is 0 Å². The maximum Gasteiger partial charge on any atom is 0.440 e. The molecule has 16 heavy (non-hydrogen) atoms. The molecule has 0 aliphatic carbocycles. The Hall–Kier alpha value is -1.80. The van der Waals surface area contributed by atoms with Gasteiger partial charge in [-0.3, -0.25) is 19.8 Å². The van der Waals surface area contributed by atoms with Gasteiger partial charge in [0.2, 0.25) is 5.91 Å². The van der Waals surface area contributed by atoms with Gasteiger partial charge in [0, 0.05) is 14.0 Å². The van der Waals surface area contributed by atoms with Gasteiger partial charge < -0.3 is 5.32 Å². The predicted molar refractivity (Wildman–Crippen MR) is 43.9 cm³/mol. The molecule has 0 bridgehead atoms. The lowest BCUT2D eigenvalue weighted by Gasteiger charge is -2.28. The Morgan fingerprint density at radius 1 is 1.44 bits per heavy atom. The number of nitrogens with one attached hydrogen (secondary N) is 2. The number of imide groups is 1. The fourth-order valence-electron chi connectivity index (χ4n) is 1.25. The molecule has 1 aliphatic rings. The second kappa shape index (κ2) is 3.35. The van der Waals surface area contributed by atoms with Gasteiger partial charge in [0.1, 0.15) is 0 Å². The number of rotatable bonds is 1. The van der Waals surface area contributed by atoms with Gasteiger partial charge in [-0.25, -0.2) is 4.79 Å². The Morgan fingerprint density at radius 2 is 1.94 bits per heavy atom. The lowest BCUT2D eigenvalue weighted by atomic mass is 10.1. The van der Waals surface area contributed by atoms with Crippen LogP contribution >= 0.6 is 0 Å². The molecule has 0 aromatic rings. The van der Waals surface area contributed by atoms with Gasteiger partial charge in [-0.15, -0.1) is 0 Å². The number of nitrogens with zero attached hydrogens (tertiary/aromatic N) is 1. The number of likely N-dealkylation sites (N-methyl/N-ethyl adjacent to an activating group) is 1. The van der Waals surface area contributed by atoms with Crippen LogP contribution in [0.15, 0.2) is 0 Å². The molecule has 6 nitrogen and oxygen atoms in total. The van der Waals surface area contributed by atoms with E-state index in [9.17, 15) is 27.6 Å². The van der Waals surface area contributed by atoms with Crippen LogP contribution in [-0.2, 0) is 9.59 Å². The number of urea groups is 1. The van der Waals surface area contributed by atoms with Crippen LogP contribution in [0.1, 0.15) is 6.92 Å². The summed E-state index contributed by atoms with van der Waals surface area (Å²) in [6, 6.07) is -1.23. The average molecular weight is 239 g/mol. The van der Waals surface area contributed by atoms with E-state index in [-0.39, 0.29) is 4.90 Å². The standard InChI is InChI=1S/C7H8F3N3O3/c1-3(14)11-6(7(8,9)10)4(15)13(2)5(16)12-6/h1-2H3,(H,11,14)(H,12,16)/t6-/m0/s1. The van der Waals surface area contributed by atoms with E-state index in [1.54, 1.807) is 0 Å². The summed E-state index contributed by atoms with van der Waals surface area (Å²) >= 11 is 0. The molecule has 0 saturated carbocycles. The molecule has 0 aromatic carbocycles. The summed E-state index contributed by atoms with van der Waals surface area (Å²) < 4.78 is 38.1. The van der Waals surface area contributed by atoms with E-state index in [0.717, 1.165) is 14.0 Å². The normalized spacial score (nSPS) is 25.7. The van der Waals surface area contributed by atoms with Gasteiger partial charge >= 0.3 is 12.2 Å². The van der Waals surface area contributed by atoms with Crippen LogP contribution in [0.25, 0.3) is 0 Å². The molecular weight excluding hydrogens is 231 g/mol. The number of carbonyl (C=O) groups is 3. The molecule has 2 N–H and O–H groups in total. The first kappa shape index (κ1) is 12.3. The fourth-order valence-corrected chi connectivity index (χ4v) is 1.25. The van der Waals surface area contributed by atoms with Gasteiger partial charge in [0.05, 0.1) is 0 Å². The van der Waals surface area contributed by atoms with Crippen LogP contribution in [-0.4, -0.2) is 41.6 Å². The minimum atomic E-state index is -5.11. The van der Waals surface area contributed by atoms with E-state index in [0.29, 0.717) is 0 Å². The minimum absolute atomic E-state index is 0.253. The van der Waals surface area contributed by atoms with Crippen molar-refractivity contribution in [3.05, 3.63) is 0 Å². The predicted octanol–water partition coefficient (Wildman–Crippen LogP) is -0.437. The smallest absolute Gasteiger partial charge is 0.318 e. The molecule has 1 aliphatic heterocycles. The minimum Gasteiger partial charge on any atom is -0.318 e. The summed E-state index contributed by atoms with van der Waals surface area (Å²) in [6.07, 6.45) is -5.11. The van der Waals surface area contributed by atoms with Crippen LogP contribution in [0.4, 0.5) is 18.0 Å². The zero-order valence-corrected chi connectivity index (χ0v) is 8.31. The van der Waals surface area contributed by atoms with Crippen molar-refractivity contribution in [2.75, 3.05) is 7.05 Å². The Morgan fingerprint density at radius 3 is 2.19 bits per heavy atom. The number of hydrogen-bond donors (Lipinski definition) is 2. The third kappa shape index (κ3) is 1.57. The lowest BCUT2D eigenvalue weighted by molar-refractivity contribution is -0.203. The molecule has 1 rings (SSSR count). The van der Waals surface area contributed by atoms with Crippen molar-refractivity contribution in [3.63, 3.8) is 0 Å². The second-order valence-electron chi connectivity index (χ2n) is 3.22. The molecule has 90 valence electrons. The molecule has 0 unspecified atom stereocenters. The maximum atomic E-state index is 12.7. The van der Waals surface area contributed by atoms with Gasteiger partial charge in [-0.2, -0.15) is 13.2 Å². The average Bonchev–Trinajstić information content (AvgIpc) is 2.29. The Balaban J connectivity index is 3.22. The molecule has 1 fully saturated rings. The first-order valence-corrected chi connectivity index (χ1v) is 4.07. The molecule has 0 spiro atoms. The van der Waals surface area contributed by atoms with E-state index in [4.69, 9.17) is 0 Å². The Labute approximate surface area is 87.8 Å². The zero-order valence-electron chi connectivity index (χ0n) is 8.31. The van der Waals surface area contributed by atoms with Crippen molar-refractivity contribution < 1.29 is 27.6 Å². The van der Waals surface area contributed by atoms with Crippen molar-refractivity contribution in [1.82, 2.24) is 15.5 Å². The quantitative estimate of drug-likeness (QED) is 0.609. The number of halogens is 3.